The molecule has 0 aromatic carbocycles. The van der Waals surface area contributed by atoms with Crippen LogP contribution in [-0.2, 0) is 0 Å². The Kier molecular flexibility index (Phi) is 10.1. The monoisotopic (exact) mass is 492 g/mol. The second-order valence-corrected chi connectivity index (χ2v) is 8.83. The first-order valence-electron chi connectivity index (χ1n) is 11.1. The van der Waals surface area contributed by atoms with Gasteiger partial charge in [0.1, 0.15) is 0 Å². The summed E-state index contributed by atoms with van der Waals surface area (Å²) >= 11 is 0. The summed E-state index contributed by atoms with van der Waals surface area (Å²) in [5, 5.41) is 16.5. The van der Waals surface area contributed by atoms with Crippen molar-refractivity contribution >= 4 is 29.9 Å². The number of nitrogens with one attached hydrogen (secondary N) is 2. The van der Waals surface area contributed by atoms with Gasteiger partial charge in [-0.25, -0.2) is 0 Å². The summed E-state index contributed by atoms with van der Waals surface area (Å²) in [4.78, 5) is 7.62. The minimum atomic E-state index is 0. The van der Waals surface area contributed by atoms with Crippen LogP contribution in [0.3, 0.4) is 0 Å². The van der Waals surface area contributed by atoms with E-state index in [-0.39, 0.29) is 36.0 Å². The molecule has 27 heavy (non-hydrogen) atoms. The number of aliphatic hydroxyl groups excluding tert-OH is 1. The molecule has 3 aliphatic rings. The van der Waals surface area contributed by atoms with Gasteiger partial charge in [0.2, 0.25) is 0 Å². The van der Waals surface area contributed by atoms with E-state index in [2.05, 4.69) is 22.5 Å². The van der Waals surface area contributed by atoms with Crippen LogP contribution in [0.15, 0.2) is 4.99 Å². The zero-order valence-corrected chi connectivity index (χ0v) is 19.5. The maximum absolute atomic E-state index is 9.50. The molecule has 0 atom stereocenters. The third-order valence-electron chi connectivity index (χ3n) is 6.42. The Balaban J connectivity index is 0.00000261. The highest BCUT2D eigenvalue weighted by molar-refractivity contribution is 14.0. The molecule has 3 rings (SSSR count). The molecule has 0 aromatic rings. The summed E-state index contributed by atoms with van der Waals surface area (Å²) in [6.07, 6.45) is 12.9. The number of nitrogens with zero attached hydrogens (tertiary/aromatic N) is 2. The molecule has 6 heteroatoms. The second kappa shape index (κ2) is 11.8. The normalized spacial score (nSPS) is 22.4. The highest BCUT2D eigenvalue weighted by Gasteiger charge is 2.33. The molecule has 0 aliphatic heterocycles. The van der Waals surface area contributed by atoms with Crippen molar-refractivity contribution in [1.29, 1.82) is 0 Å². The number of hydrogen-bond donors (Lipinski definition) is 3. The molecule has 158 valence electrons. The van der Waals surface area contributed by atoms with Gasteiger partial charge in [0.25, 0.3) is 0 Å². The minimum Gasteiger partial charge on any atom is -0.396 e. The first kappa shape index (κ1) is 23.2. The molecule has 3 fully saturated rings. The SMILES string of the molecule is CCNC(=NCC1(CCO)CCCCC1)NCCN(CC1CC1)C1CC1.I. The molecular weight excluding hydrogens is 451 g/mol. The van der Waals surface area contributed by atoms with Crippen molar-refractivity contribution in [1.82, 2.24) is 15.5 Å². The Hall–Kier alpha value is -0.0800. The molecule has 0 radical (unpaired) electrons. The zero-order valence-electron chi connectivity index (χ0n) is 17.2. The van der Waals surface area contributed by atoms with Gasteiger partial charge in [0, 0.05) is 45.4 Å². The molecule has 0 saturated heterocycles. The fraction of sp³-hybridized carbons (Fsp3) is 0.952. The van der Waals surface area contributed by atoms with Crippen molar-refractivity contribution in [3.8, 4) is 0 Å². The van der Waals surface area contributed by atoms with Crippen LogP contribution in [0, 0.1) is 11.3 Å². The average molecular weight is 492 g/mol. The fourth-order valence-corrected chi connectivity index (χ4v) is 4.43. The van der Waals surface area contributed by atoms with Crippen LogP contribution in [0.4, 0.5) is 0 Å². The van der Waals surface area contributed by atoms with Crippen molar-refractivity contribution in [2.75, 3.05) is 39.3 Å². The lowest BCUT2D eigenvalue weighted by atomic mass is 9.72. The van der Waals surface area contributed by atoms with E-state index in [0.717, 1.165) is 50.5 Å². The van der Waals surface area contributed by atoms with Crippen LogP contribution < -0.4 is 10.6 Å². The van der Waals surface area contributed by atoms with E-state index in [1.54, 1.807) is 0 Å². The predicted octanol–water partition coefficient (Wildman–Crippen LogP) is 3.37. The zero-order chi connectivity index (χ0) is 18.2. The van der Waals surface area contributed by atoms with Crippen LogP contribution >= 0.6 is 24.0 Å². The van der Waals surface area contributed by atoms with Gasteiger partial charge in [-0.1, -0.05) is 19.3 Å². The molecule has 0 spiro atoms. The van der Waals surface area contributed by atoms with Crippen molar-refractivity contribution < 1.29 is 5.11 Å². The standard InChI is InChI=1S/C21H40N4O.HI/c1-2-22-20(24-17-21(12-15-26)10-4-3-5-11-21)23-13-14-25(19-8-9-19)16-18-6-7-18;/h18-19,26H,2-17H2,1H3,(H2,22,23,24);1H. The van der Waals surface area contributed by atoms with Gasteiger partial charge in [0.05, 0.1) is 0 Å². The molecule has 0 bridgehead atoms. The van der Waals surface area contributed by atoms with E-state index >= 15 is 0 Å². The van der Waals surface area contributed by atoms with E-state index in [1.807, 2.05) is 0 Å². The maximum Gasteiger partial charge on any atom is 0.191 e. The Labute approximate surface area is 183 Å². The summed E-state index contributed by atoms with van der Waals surface area (Å²) < 4.78 is 0. The summed E-state index contributed by atoms with van der Waals surface area (Å²) in [7, 11) is 0. The van der Waals surface area contributed by atoms with E-state index in [4.69, 9.17) is 4.99 Å². The quantitative estimate of drug-likeness (QED) is 0.235. The van der Waals surface area contributed by atoms with Gasteiger partial charge >= 0.3 is 0 Å². The number of hydrogen-bond acceptors (Lipinski definition) is 3. The molecule has 0 amide bonds. The van der Waals surface area contributed by atoms with Gasteiger partial charge in [-0.15, -0.1) is 24.0 Å². The lowest BCUT2D eigenvalue weighted by molar-refractivity contribution is 0.137. The van der Waals surface area contributed by atoms with Crippen molar-refractivity contribution in [3.05, 3.63) is 0 Å². The predicted molar refractivity (Wildman–Crippen MR) is 124 cm³/mol. The minimum absolute atomic E-state index is 0. The summed E-state index contributed by atoms with van der Waals surface area (Å²) in [6.45, 7) is 7.57. The third-order valence-corrected chi connectivity index (χ3v) is 6.42. The van der Waals surface area contributed by atoms with Crippen LogP contribution in [0.25, 0.3) is 0 Å². The molecule has 3 saturated carbocycles. The number of guanidine groups is 1. The number of rotatable bonds is 11. The van der Waals surface area contributed by atoms with Crippen molar-refractivity contribution in [2.24, 2.45) is 16.3 Å². The van der Waals surface area contributed by atoms with Gasteiger partial charge in [-0.2, -0.15) is 0 Å². The third kappa shape index (κ3) is 8.05. The molecule has 5 nitrogen and oxygen atoms in total. The van der Waals surface area contributed by atoms with E-state index < -0.39 is 0 Å². The van der Waals surface area contributed by atoms with Crippen LogP contribution in [0.5, 0.6) is 0 Å². The van der Waals surface area contributed by atoms with Crippen LogP contribution in [-0.4, -0.2) is 61.3 Å². The first-order valence-corrected chi connectivity index (χ1v) is 11.1. The summed E-state index contributed by atoms with van der Waals surface area (Å²) in [6, 6.07) is 0.854. The van der Waals surface area contributed by atoms with Gasteiger partial charge < -0.3 is 15.7 Å². The Morgan fingerprint density at radius 3 is 2.44 bits per heavy atom. The number of aliphatic hydroxyl groups is 1. The highest BCUT2D eigenvalue weighted by atomic mass is 127. The maximum atomic E-state index is 9.50. The van der Waals surface area contributed by atoms with E-state index in [1.165, 1.54) is 64.3 Å². The van der Waals surface area contributed by atoms with E-state index in [0.29, 0.717) is 0 Å². The largest absolute Gasteiger partial charge is 0.396 e. The van der Waals surface area contributed by atoms with Gasteiger partial charge in [-0.05, 0) is 63.2 Å². The lowest BCUT2D eigenvalue weighted by Crippen LogP contribution is -2.43. The average Bonchev–Trinajstić information content (AvgIpc) is 3.54. The second-order valence-electron chi connectivity index (χ2n) is 8.83. The Morgan fingerprint density at radius 2 is 1.85 bits per heavy atom. The van der Waals surface area contributed by atoms with Crippen LogP contribution in [0.1, 0.15) is 71.1 Å². The van der Waals surface area contributed by atoms with Crippen molar-refractivity contribution in [3.63, 3.8) is 0 Å². The van der Waals surface area contributed by atoms with Crippen molar-refractivity contribution in [2.45, 2.75) is 77.2 Å². The van der Waals surface area contributed by atoms with Gasteiger partial charge in [-0.3, -0.25) is 9.89 Å². The molecule has 3 aliphatic carbocycles. The Bertz CT molecular complexity index is 440. The molecular formula is C21H41IN4O. The Morgan fingerprint density at radius 1 is 1.11 bits per heavy atom. The molecule has 0 heterocycles. The summed E-state index contributed by atoms with van der Waals surface area (Å²) in [5.41, 5.74) is 0.224. The highest BCUT2D eigenvalue weighted by Crippen LogP contribution is 2.39. The first-order chi connectivity index (χ1) is 12.7. The van der Waals surface area contributed by atoms with E-state index in [9.17, 15) is 5.11 Å². The number of aliphatic imine (C=N–C) groups is 1. The summed E-state index contributed by atoms with van der Waals surface area (Å²) in [5.74, 6) is 1.93. The fourth-order valence-electron chi connectivity index (χ4n) is 4.43. The van der Waals surface area contributed by atoms with Crippen LogP contribution in [0.2, 0.25) is 0 Å². The lowest BCUT2D eigenvalue weighted by Gasteiger charge is -2.35. The number of halogens is 1. The molecule has 0 unspecified atom stereocenters. The molecule has 0 aromatic heterocycles. The topological polar surface area (TPSA) is 59.9 Å². The smallest absolute Gasteiger partial charge is 0.191 e. The van der Waals surface area contributed by atoms with Gasteiger partial charge in [0.15, 0.2) is 5.96 Å². The molecule has 3 N–H and O–H groups in total.